The Morgan fingerprint density at radius 2 is 1.72 bits per heavy atom. The maximum Gasteiger partial charge on any atom is 0.322 e. The van der Waals surface area contributed by atoms with Crippen molar-refractivity contribution in [2.75, 3.05) is 11.4 Å². The fourth-order valence-electron chi connectivity index (χ4n) is 6.77. The van der Waals surface area contributed by atoms with Gasteiger partial charge in [0.1, 0.15) is 5.82 Å². The molecule has 9 nitrogen and oxygen atoms in total. The topological polar surface area (TPSA) is 105 Å². The average molecular weight is 619 g/mol. The molecule has 2 aromatic heterocycles. The van der Waals surface area contributed by atoms with Gasteiger partial charge in [-0.25, -0.2) is 9.78 Å². The Kier molecular flexibility index (Phi) is 10.1. The fourth-order valence-corrected chi connectivity index (χ4v) is 6.77. The van der Waals surface area contributed by atoms with Crippen molar-refractivity contribution in [3.05, 3.63) is 72.1 Å². The number of unbranched alkanes of at least 4 members (excludes halogenated alkanes) is 3. The molecule has 0 atom stereocenters. The third kappa shape index (κ3) is 6.69. The van der Waals surface area contributed by atoms with Gasteiger partial charge in [0.05, 0.1) is 16.7 Å². The van der Waals surface area contributed by atoms with Gasteiger partial charge >= 0.3 is 6.03 Å². The maximum atomic E-state index is 13.8. The number of hydrogen-bond donors (Lipinski definition) is 2. The largest absolute Gasteiger partial charge is 0.335 e. The molecule has 1 aliphatic carbocycles. The summed E-state index contributed by atoms with van der Waals surface area (Å²) in [4.78, 5) is 20.9. The van der Waals surface area contributed by atoms with E-state index >= 15 is 0 Å². The minimum absolute atomic E-state index is 0.0101. The van der Waals surface area contributed by atoms with Crippen LogP contribution in [0.2, 0.25) is 0 Å². The van der Waals surface area contributed by atoms with E-state index in [0.717, 1.165) is 102 Å². The van der Waals surface area contributed by atoms with E-state index in [4.69, 9.17) is 4.98 Å². The Bertz CT molecular complexity index is 1750. The number of imidazole rings is 1. The van der Waals surface area contributed by atoms with E-state index in [0.29, 0.717) is 12.4 Å². The van der Waals surface area contributed by atoms with Crippen LogP contribution in [-0.4, -0.2) is 48.8 Å². The number of H-pyrrole nitrogens is 1. The molecular formula is C37H46N8O. The molecule has 3 aromatic carbocycles. The minimum atomic E-state index is 0.0101. The molecule has 0 unspecified atom stereocenters. The Morgan fingerprint density at radius 1 is 0.935 bits per heavy atom. The molecule has 5 aromatic rings. The molecule has 2 N–H and O–H groups in total. The summed E-state index contributed by atoms with van der Waals surface area (Å²) in [5.74, 6) is 1.60. The van der Waals surface area contributed by atoms with E-state index < -0.39 is 0 Å². The van der Waals surface area contributed by atoms with Crippen LogP contribution in [0.1, 0.15) is 89.4 Å². The summed E-state index contributed by atoms with van der Waals surface area (Å²) >= 11 is 0. The lowest BCUT2D eigenvalue weighted by Crippen LogP contribution is -2.46. The van der Waals surface area contributed by atoms with Crippen LogP contribution < -0.4 is 10.2 Å². The number of benzene rings is 3. The second kappa shape index (κ2) is 14.7. The van der Waals surface area contributed by atoms with Crippen LogP contribution in [0.3, 0.4) is 0 Å². The van der Waals surface area contributed by atoms with Crippen LogP contribution >= 0.6 is 0 Å². The summed E-state index contributed by atoms with van der Waals surface area (Å²) in [6.07, 6.45) is 11.9. The van der Waals surface area contributed by atoms with Crippen LogP contribution in [0, 0.1) is 6.92 Å². The minimum Gasteiger partial charge on any atom is -0.335 e. The molecule has 240 valence electrons. The van der Waals surface area contributed by atoms with Crippen LogP contribution in [0.5, 0.6) is 0 Å². The summed E-state index contributed by atoms with van der Waals surface area (Å²) in [5, 5.41) is 18.3. The predicted molar refractivity (Wildman–Crippen MR) is 185 cm³/mol. The normalized spacial score (nSPS) is 13.7. The van der Waals surface area contributed by atoms with Gasteiger partial charge in [0.25, 0.3) is 0 Å². The summed E-state index contributed by atoms with van der Waals surface area (Å²) in [5.41, 5.74) is 8.15. The zero-order valence-corrected chi connectivity index (χ0v) is 27.4. The van der Waals surface area contributed by atoms with Gasteiger partial charge in [-0.05, 0) is 78.8 Å². The lowest BCUT2D eigenvalue weighted by molar-refractivity contribution is 0.238. The monoisotopic (exact) mass is 618 g/mol. The number of aryl methyl sites for hydroxylation is 1. The fraction of sp³-hybridized carbons (Fsp3) is 0.432. The second-order valence-electron chi connectivity index (χ2n) is 12.5. The lowest BCUT2D eigenvalue weighted by atomic mass is 9.94. The Balaban J connectivity index is 1.44. The van der Waals surface area contributed by atoms with Gasteiger partial charge in [0.15, 0.2) is 0 Å². The molecule has 1 saturated carbocycles. The first-order valence-electron chi connectivity index (χ1n) is 17.1. The summed E-state index contributed by atoms with van der Waals surface area (Å²) in [7, 11) is 0. The number of hydrogen-bond acceptors (Lipinski definition) is 5. The first-order chi connectivity index (χ1) is 22.6. The Morgan fingerprint density at radius 3 is 2.48 bits per heavy atom. The van der Waals surface area contributed by atoms with Crippen LogP contribution in [0.15, 0.2) is 60.7 Å². The molecule has 0 bridgehead atoms. The Labute approximate surface area is 271 Å². The van der Waals surface area contributed by atoms with E-state index in [1.54, 1.807) is 0 Å². The Hall–Kier alpha value is -4.53. The van der Waals surface area contributed by atoms with Crippen molar-refractivity contribution in [2.24, 2.45) is 0 Å². The van der Waals surface area contributed by atoms with Gasteiger partial charge in [0, 0.05) is 30.3 Å². The zero-order chi connectivity index (χ0) is 31.9. The summed E-state index contributed by atoms with van der Waals surface area (Å²) < 4.78 is 2.31. The van der Waals surface area contributed by atoms with Gasteiger partial charge in [0.2, 0.25) is 5.82 Å². The number of carbonyl (C=O) groups is 1. The highest BCUT2D eigenvalue weighted by atomic mass is 16.2. The highest BCUT2D eigenvalue weighted by Crippen LogP contribution is 2.36. The summed E-state index contributed by atoms with van der Waals surface area (Å²) in [6.45, 7) is 7.28. The first-order valence-corrected chi connectivity index (χ1v) is 17.1. The number of anilines is 1. The van der Waals surface area contributed by atoms with E-state index in [-0.39, 0.29) is 12.1 Å². The van der Waals surface area contributed by atoms with Gasteiger partial charge in [-0.3, -0.25) is 9.47 Å². The standard InChI is InChI=1S/C37H46N8O/c1-4-6-13-24-44(37(46)38-27-15-9-8-10-16-27)28-22-23-32-34(25-28)45(35(39-32)21-7-5-2)33-20-14-19-29(26(33)3)30-17-11-12-18-31(30)36-40-42-43-41-36/h11-12,14,17-20,22-23,25,27H,4-10,13,15-16,21,24H2,1-3H3,(H,38,46)(H,40,41,42,43). The second-order valence-corrected chi connectivity index (χ2v) is 12.5. The highest BCUT2D eigenvalue weighted by molar-refractivity contribution is 5.95. The number of aromatic amines is 1. The van der Waals surface area contributed by atoms with Crippen molar-refractivity contribution in [3.63, 3.8) is 0 Å². The molecule has 1 aliphatic rings. The lowest BCUT2D eigenvalue weighted by Gasteiger charge is -2.28. The highest BCUT2D eigenvalue weighted by Gasteiger charge is 2.23. The molecular weight excluding hydrogens is 572 g/mol. The van der Waals surface area contributed by atoms with Crippen molar-refractivity contribution in [1.29, 1.82) is 0 Å². The van der Waals surface area contributed by atoms with Crippen molar-refractivity contribution in [1.82, 2.24) is 35.5 Å². The van der Waals surface area contributed by atoms with E-state index in [1.807, 2.05) is 23.1 Å². The maximum absolute atomic E-state index is 13.8. The van der Waals surface area contributed by atoms with Crippen LogP contribution in [0.4, 0.5) is 10.5 Å². The molecule has 0 aliphatic heterocycles. The number of carbonyl (C=O) groups excluding carboxylic acids is 1. The van der Waals surface area contributed by atoms with Crippen molar-refractivity contribution >= 4 is 22.8 Å². The number of amides is 2. The number of tetrazole rings is 1. The third-order valence-corrected chi connectivity index (χ3v) is 9.29. The molecule has 0 radical (unpaired) electrons. The number of fused-ring (bicyclic) bond motifs is 1. The molecule has 2 heterocycles. The molecule has 0 saturated heterocycles. The van der Waals surface area contributed by atoms with Crippen LogP contribution in [0.25, 0.3) is 39.2 Å². The molecule has 46 heavy (non-hydrogen) atoms. The van der Waals surface area contributed by atoms with Gasteiger partial charge in [-0.2, -0.15) is 5.21 Å². The van der Waals surface area contributed by atoms with E-state index in [9.17, 15) is 4.79 Å². The summed E-state index contributed by atoms with van der Waals surface area (Å²) in [6, 6.07) is 21.2. The SMILES string of the molecule is CCCCCN(C(=O)NC1CCCCC1)c1ccc2nc(CCCC)n(-c3cccc(-c4ccccc4-c4nn[nH]n4)c3C)c2c1. The van der Waals surface area contributed by atoms with Crippen molar-refractivity contribution in [2.45, 2.75) is 97.4 Å². The van der Waals surface area contributed by atoms with Gasteiger partial charge in [-0.15, -0.1) is 10.2 Å². The van der Waals surface area contributed by atoms with E-state index in [1.165, 1.54) is 19.3 Å². The number of nitrogens with zero attached hydrogens (tertiary/aromatic N) is 6. The first kappa shape index (κ1) is 31.5. The number of urea groups is 1. The molecule has 9 heteroatoms. The average Bonchev–Trinajstić information content (AvgIpc) is 3.75. The van der Waals surface area contributed by atoms with Crippen LogP contribution in [-0.2, 0) is 6.42 Å². The quantitative estimate of drug-likeness (QED) is 0.136. The number of rotatable bonds is 12. The number of nitrogens with one attached hydrogen (secondary N) is 2. The van der Waals surface area contributed by atoms with Crippen molar-refractivity contribution < 1.29 is 4.79 Å². The predicted octanol–water partition coefficient (Wildman–Crippen LogP) is 8.56. The van der Waals surface area contributed by atoms with E-state index in [2.05, 4.69) is 93.7 Å². The molecule has 0 spiro atoms. The van der Waals surface area contributed by atoms with Gasteiger partial charge in [-0.1, -0.05) is 88.8 Å². The smallest absolute Gasteiger partial charge is 0.322 e. The molecule has 1 fully saturated rings. The van der Waals surface area contributed by atoms with Gasteiger partial charge < -0.3 is 5.32 Å². The molecule has 2 amide bonds. The molecule has 6 rings (SSSR count). The number of aromatic nitrogens is 6. The van der Waals surface area contributed by atoms with Crippen molar-refractivity contribution in [3.8, 4) is 28.2 Å². The third-order valence-electron chi connectivity index (χ3n) is 9.29. The zero-order valence-electron chi connectivity index (χ0n) is 27.4.